The Hall–Kier alpha value is -1.07. The van der Waals surface area contributed by atoms with E-state index >= 15 is 0 Å². The third-order valence-corrected chi connectivity index (χ3v) is 4.07. The number of benzene rings is 1. The molecule has 1 N–H and O–H groups in total. The van der Waals surface area contributed by atoms with Gasteiger partial charge in [0.15, 0.2) is 0 Å². The number of sulfonamides is 1. The SMILES string of the molecule is CCCNS(=O)(=O)c1ccc(OC(C)CC)cc1. The fourth-order valence-electron chi connectivity index (χ4n) is 1.33. The first-order valence-corrected chi connectivity index (χ1v) is 7.74. The van der Waals surface area contributed by atoms with Crippen LogP contribution in [0.25, 0.3) is 0 Å². The zero-order valence-corrected chi connectivity index (χ0v) is 12.0. The number of nitrogens with one attached hydrogen (secondary N) is 1. The average Bonchev–Trinajstić information content (AvgIpc) is 2.37. The molecule has 1 atom stereocenters. The molecule has 0 fully saturated rings. The van der Waals surface area contributed by atoms with Crippen LogP contribution in [0, 0.1) is 0 Å². The zero-order chi connectivity index (χ0) is 13.6. The second kappa shape index (κ2) is 6.75. The van der Waals surface area contributed by atoms with Crippen molar-refractivity contribution in [2.45, 2.75) is 44.6 Å². The van der Waals surface area contributed by atoms with Crippen molar-refractivity contribution in [3.05, 3.63) is 24.3 Å². The lowest BCUT2D eigenvalue weighted by Gasteiger charge is -2.13. The third kappa shape index (κ3) is 4.31. The quantitative estimate of drug-likeness (QED) is 0.829. The molecule has 0 saturated heterocycles. The van der Waals surface area contributed by atoms with Gasteiger partial charge in [0.1, 0.15) is 5.75 Å². The number of hydrogen-bond acceptors (Lipinski definition) is 3. The van der Waals surface area contributed by atoms with Crippen molar-refractivity contribution in [2.75, 3.05) is 6.54 Å². The van der Waals surface area contributed by atoms with E-state index in [9.17, 15) is 8.42 Å². The van der Waals surface area contributed by atoms with Crippen molar-refractivity contribution < 1.29 is 13.2 Å². The van der Waals surface area contributed by atoms with E-state index in [1.807, 2.05) is 20.8 Å². The summed E-state index contributed by atoms with van der Waals surface area (Å²) in [6.07, 6.45) is 1.82. The molecule has 0 amide bonds. The molecule has 0 saturated carbocycles. The van der Waals surface area contributed by atoms with Crippen LogP contribution in [0.1, 0.15) is 33.6 Å². The summed E-state index contributed by atoms with van der Waals surface area (Å²) in [7, 11) is -3.38. The van der Waals surface area contributed by atoms with E-state index in [0.29, 0.717) is 12.3 Å². The van der Waals surface area contributed by atoms with Crippen molar-refractivity contribution in [1.82, 2.24) is 4.72 Å². The average molecular weight is 271 g/mol. The smallest absolute Gasteiger partial charge is 0.240 e. The van der Waals surface area contributed by atoms with Crippen LogP contribution in [-0.2, 0) is 10.0 Å². The van der Waals surface area contributed by atoms with Crippen molar-refractivity contribution in [3.8, 4) is 5.75 Å². The monoisotopic (exact) mass is 271 g/mol. The Labute approximate surface area is 109 Å². The van der Waals surface area contributed by atoms with Crippen molar-refractivity contribution in [2.24, 2.45) is 0 Å². The standard InChI is InChI=1S/C13H21NO3S/c1-4-10-14-18(15,16)13-8-6-12(7-9-13)17-11(3)5-2/h6-9,11,14H,4-5,10H2,1-3H3. The van der Waals surface area contributed by atoms with Gasteiger partial charge in [0.25, 0.3) is 0 Å². The maximum absolute atomic E-state index is 11.8. The van der Waals surface area contributed by atoms with Gasteiger partial charge in [-0.3, -0.25) is 0 Å². The van der Waals surface area contributed by atoms with E-state index in [1.54, 1.807) is 24.3 Å². The van der Waals surface area contributed by atoms with Gasteiger partial charge in [0, 0.05) is 6.54 Å². The van der Waals surface area contributed by atoms with Gasteiger partial charge in [-0.05, 0) is 44.0 Å². The molecule has 1 aromatic rings. The van der Waals surface area contributed by atoms with Gasteiger partial charge in [-0.25, -0.2) is 13.1 Å². The molecular formula is C13H21NO3S. The molecule has 0 aliphatic carbocycles. The van der Waals surface area contributed by atoms with Crippen molar-refractivity contribution >= 4 is 10.0 Å². The summed E-state index contributed by atoms with van der Waals surface area (Å²) in [6.45, 7) is 6.39. The Morgan fingerprint density at radius 2 is 1.83 bits per heavy atom. The second-order valence-electron chi connectivity index (χ2n) is 4.21. The predicted octanol–water partition coefficient (Wildman–Crippen LogP) is 2.55. The summed E-state index contributed by atoms with van der Waals surface area (Å²) >= 11 is 0. The van der Waals surface area contributed by atoms with Gasteiger partial charge in [-0.1, -0.05) is 13.8 Å². The minimum atomic E-state index is -3.38. The Kier molecular flexibility index (Phi) is 5.62. The summed E-state index contributed by atoms with van der Waals surface area (Å²) in [5.74, 6) is 0.693. The highest BCUT2D eigenvalue weighted by molar-refractivity contribution is 7.89. The van der Waals surface area contributed by atoms with Crippen LogP contribution < -0.4 is 9.46 Å². The number of ether oxygens (including phenoxy) is 1. The van der Waals surface area contributed by atoms with Crippen molar-refractivity contribution in [1.29, 1.82) is 0 Å². The third-order valence-electron chi connectivity index (χ3n) is 2.59. The molecule has 0 spiro atoms. The summed E-state index contributed by atoms with van der Waals surface area (Å²) < 4.78 is 31.8. The van der Waals surface area contributed by atoms with Gasteiger partial charge in [-0.15, -0.1) is 0 Å². The lowest BCUT2D eigenvalue weighted by molar-refractivity contribution is 0.217. The lowest BCUT2D eigenvalue weighted by atomic mass is 10.3. The van der Waals surface area contributed by atoms with Gasteiger partial charge >= 0.3 is 0 Å². The Balaban J connectivity index is 2.76. The predicted molar refractivity (Wildman–Crippen MR) is 72.3 cm³/mol. The van der Waals surface area contributed by atoms with Crippen LogP contribution >= 0.6 is 0 Å². The largest absolute Gasteiger partial charge is 0.491 e. The Bertz CT molecular complexity index is 454. The van der Waals surface area contributed by atoms with Crippen LogP contribution in [0.3, 0.4) is 0 Å². The summed E-state index contributed by atoms with van der Waals surface area (Å²) in [5, 5.41) is 0. The van der Waals surface area contributed by atoms with Gasteiger partial charge in [0.2, 0.25) is 10.0 Å². The van der Waals surface area contributed by atoms with Crippen LogP contribution in [0.4, 0.5) is 0 Å². The topological polar surface area (TPSA) is 55.4 Å². The second-order valence-corrected chi connectivity index (χ2v) is 5.97. The van der Waals surface area contributed by atoms with E-state index in [2.05, 4.69) is 4.72 Å². The molecule has 0 aromatic heterocycles. The Morgan fingerprint density at radius 1 is 1.22 bits per heavy atom. The molecule has 1 aromatic carbocycles. The van der Waals surface area contributed by atoms with E-state index in [-0.39, 0.29) is 11.0 Å². The first-order chi connectivity index (χ1) is 8.49. The zero-order valence-electron chi connectivity index (χ0n) is 11.1. The van der Waals surface area contributed by atoms with Crippen LogP contribution in [0.5, 0.6) is 5.75 Å². The highest BCUT2D eigenvalue weighted by Crippen LogP contribution is 2.17. The molecule has 18 heavy (non-hydrogen) atoms. The fourth-order valence-corrected chi connectivity index (χ4v) is 2.47. The van der Waals surface area contributed by atoms with Crippen LogP contribution in [0.2, 0.25) is 0 Å². The fraction of sp³-hybridized carbons (Fsp3) is 0.538. The summed E-state index contributed by atoms with van der Waals surface area (Å²) in [6, 6.07) is 6.50. The maximum atomic E-state index is 11.8. The Morgan fingerprint density at radius 3 is 2.33 bits per heavy atom. The van der Waals surface area contributed by atoms with Crippen molar-refractivity contribution in [3.63, 3.8) is 0 Å². The molecule has 0 heterocycles. The number of rotatable bonds is 7. The molecule has 1 rings (SSSR count). The van der Waals surface area contributed by atoms with Gasteiger partial charge in [-0.2, -0.15) is 0 Å². The highest BCUT2D eigenvalue weighted by Gasteiger charge is 2.12. The molecule has 0 aliphatic rings. The van der Waals surface area contributed by atoms with Gasteiger partial charge in [0.05, 0.1) is 11.0 Å². The molecule has 5 heteroatoms. The van der Waals surface area contributed by atoms with E-state index in [0.717, 1.165) is 12.8 Å². The van der Waals surface area contributed by atoms with E-state index < -0.39 is 10.0 Å². The first kappa shape index (κ1) is 15.0. The minimum Gasteiger partial charge on any atom is -0.491 e. The molecule has 0 aliphatic heterocycles. The molecule has 0 bridgehead atoms. The first-order valence-electron chi connectivity index (χ1n) is 6.26. The minimum absolute atomic E-state index is 0.130. The van der Waals surface area contributed by atoms with E-state index in [4.69, 9.17) is 4.74 Å². The maximum Gasteiger partial charge on any atom is 0.240 e. The molecular weight excluding hydrogens is 250 g/mol. The molecule has 1 unspecified atom stereocenters. The van der Waals surface area contributed by atoms with E-state index in [1.165, 1.54) is 0 Å². The van der Waals surface area contributed by atoms with Crippen LogP contribution in [0.15, 0.2) is 29.2 Å². The molecule has 102 valence electrons. The lowest BCUT2D eigenvalue weighted by Crippen LogP contribution is -2.24. The van der Waals surface area contributed by atoms with Gasteiger partial charge < -0.3 is 4.74 Å². The highest BCUT2D eigenvalue weighted by atomic mass is 32.2. The molecule has 0 radical (unpaired) electrons. The number of hydrogen-bond donors (Lipinski definition) is 1. The normalized spacial score (nSPS) is 13.3. The van der Waals surface area contributed by atoms with Crippen LogP contribution in [-0.4, -0.2) is 21.1 Å². The summed E-state index contributed by atoms with van der Waals surface area (Å²) in [5.41, 5.74) is 0. The molecule has 4 nitrogen and oxygen atoms in total. The summed E-state index contributed by atoms with van der Waals surface area (Å²) in [4.78, 5) is 0.271.